The molecule has 1 amide bonds. The van der Waals surface area contributed by atoms with Gasteiger partial charge in [0.05, 0.1) is 10.0 Å². The van der Waals surface area contributed by atoms with Gasteiger partial charge in [-0.15, -0.1) is 0 Å². The molecule has 0 unspecified atom stereocenters. The number of ether oxygens (including phenoxy) is 1. The molecule has 2 aromatic carbocycles. The molecular weight excluding hydrogens is 368 g/mol. The van der Waals surface area contributed by atoms with Crippen LogP contribution in [-0.2, 0) is 4.79 Å². The highest BCUT2D eigenvalue weighted by Crippen LogP contribution is 2.27. The Morgan fingerprint density at radius 3 is 2.23 bits per heavy atom. The van der Waals surface area contributed by atoms with Gasteiger partial charge in [-0.05, 0) is 37.3 Å². The van der Waals surface area contributed by atoms with Crippen LogP contribution in [-0.4, -0.2) is 12.0 Å². The van der Waals surface area contributed by atoms with Crippen molar-refractivity contribution in [1.82, 2.24) is 0 Å². The van der Waals surface area contributed by atoms with E-state index in [0.29, 0.717) is 31.5 Å². The molecular formula is C15H11Cl4NO2. The van der Waals surface area contributed by atoms with Crippen LogP contribution >= 0.6 is 46.4 Å². The molecule has 2 aromatic rings. The predicted octanol–water partition coefficient (Wildman–Crippen LogP) is 5.71. The first-order valence-corrected chi connectivity index (χ1v) is 7.75. The van der Waals surface area contributed by atoms with Crippen molar-refractivity contribution in [3.8, 4) is 5.75 Å². The number of anilines is 1. The SMILES string of the molecule is C[C@@H](Oc1ccc(Cl)c(Cl)c1)C(=O)Nc1cc(Cl)cc(Cl)c1. The first-order valence-electron chi connectivity index (χ1n) is 6.24. The smallest absolute Gasteiger partial charge is 0.265 e. The van der Waals surface area contributed by atoms with Gasteiger partial charge in [0.1, 0.15) is 5.75 Å². The lowest BCUT2D eigenvalue weighted by Crippen LogP contribution is -2.30. The number of amides is 1. The molecule has 0 aliphatic rings. The molecule has 1 atom stereocenters. The third-order valence-electron chi connectivity index (χ3n) is 2.70. The van der Waals surface area contributed by atoms with Crippen molar-refractivity contribution in [2.24, 2.45) is 0 Å². The Morgan fingerprint density at radius 2 is 1.64 bits per heavy atom. The molecule has 3 nitrogen and oxygen atoms in total. The van der Waals surface area contributed by atoms with Crippen LogP contribution < -0.4 is 10.1 Å². The van der Waals surface area contributed by atoms with Gasteiger partial charge in [-0.3, -0.25) is 4.79 Å². The number of nitrogens with one attached hydrogen (secondary N) is 1. The zero-order valence-electron chi connectivity index (χ0n) is 11.4. The van der Waals surface area contributed by atoms with Crippen LogP contribution in [0.15, 0.2) is 36.4 Å². The van der Waals surface area contributed by atoms with Crippen LogP contribution in [0.2, 0.25) is 20.1 Å². The van der Waals surface area contributed by atoms with Crippen molar-refractivity contribution in [3.63, 3.8) is 0 Å². The van der Waals surface area contributed by atoms with Crippen molar-refractivity contribution in [3.05, 3.63) is 56.5 Å². The summed E-state index contributed by atoms with van der Waals surface area (Å²) >= 11 is 23.5. The molecule has 7 heteroatoms. The third-order valence-corrected chi connectivity index (χ3v) is 3.88. The quantitative estimate of drug-likeness (QED) is 0.740. The van der Waals surface area contributed by atoms with Gasteiger partial charge in [0.15, 0.2) is 6.10 Å². The molecule has 0 aromatic heterocycles. The lowest BCUT2D eigenvalue weighted by Gasteiger charge is -2.15. The predicted molar refractivity (Wildman–Crippen MR) is 91.6 cm³/mol. The topological polar surface area (TPSA) is 38.3 Å². The molecule has 0 fully saturated rings. The fraction of sp³-hybridized carbons (Fsp3) is 0.133. The van der Waals surface area contributed by atoms with E-state index in [2.05, 4.69) is 5.32 Å². The Bertz CT molecular complexity index is 686. The first kappa shape index (κ1) is 17.2. The Kier molecular flexibility index (Phi) is 5.81. The van der Waals surface area contributed by atoms with Gasteiger partial charge in [-0.1, -0.05) is 46.4 Å². The maximum absolute atomic E-state index is 12.1. The van der Waals surface area contributed by atoms with Gasteiger partial charge in [0.25, 0.3) is 5.91 Å². The van der Waals surface area contributed by atoms with Gasteiger partial charge in [-0.2, -0.15) is 0 Å². The summed E-state index contributed by atoms with van der Waals surface area (Å²) in [4.78, 5) is 12.1. The summed E-state index contributed by atoms with van der Waals surface area (Å²) in [6, 6.07) is 9.54. The number of benzene rings is 2. The fourth-order valence-electron chi connectivity index (χ4n) is 1.68. The maximum atomic E-state index is 12.1. The van der Waals surface area contributed by atoms with Crippen LogP contribution in [0.4, 0.5) is 5.69 Å². The maximum Gasteiger partial charge on any atom is 0.265 e. The van der Waals surface area contributed by atoms with E-state index in [9.17, 15) is 4.79 Å². The van der Waals surface area contributed by atoms with Crippen LogP contribution in [0, 0.1) is 0 Å². The molecule has 0 saturated carbocycles. The Hall–Kier alpha value is -1.13. The zero-order valence-corrected chi connectivity index (χ0v) is 14.4. The lowest BCUT2D eigenvalue weighted by molar-refractivity contribution is -0.122. The minimum Gasteiger partial charge on any atom is -0.481 e. The highest BCUT2D eigenvalue weighted by molar-refractivity contribution is 6.42. The summed E-state index contributed by atoms with van der Waals surface area (Å²) in [7, 11) is 0. The van der Waals surface area contributed by atoms with Crippen LogP contribution in [0.1, 0.15) is 6.92 Å². The Labute approximate surface area is 148 Å². The number of rotatable bonds is 4. The summed E-state index contributed by atoms with van der Waals surface area (Å²) < 4.78 is 5.52. The molecule has 0 aliphatic heterocycles. The minimum absolute atomic E-state index is 0.343. The van der Waals surface area contributed by atoms with Crippen molar-refractivity contribution < 1.29 is 9.53 Å². The number of halogens is 4. The summed E-state index contributed by atoms with van der Waals surface area (Å²) in [5.74, 6) is 0.102. The van der Waals surface area contributed by atoms with Crippen LogP contribution in [0.3, 0.4) is 0 Å². The highest BCUT2D eigenvalue weighted by Gasteiger charge is 2.16. The molecule has 0 spiro atoms. The molecule has 22 heavy (non-hydrogen) atoms. The molecule has 0 aliphatic carbocycles. The number of hydrogen-bond acceptors (Lipinski definition) is 2. The summed E-state index contributed by atoms with van der Waals surface area (Å²) in [6.45, 7) is 1.62. The van der Waals surface area contributed by atoms with Gasteiger partial charge >= 0.3 is 0 Å². The van der Waals surface area contributed by atoms with E-state index < -0.39 is 6.10 Å². The summed E-state index contributed by atoms with van der Waals surface area (Å²) in [6.07, 6.45) is -0.741. The standard InChI is InChI=1S/C15H11Cl4NO2/c1-8(22-12-2-3-13(18)14(19)7-12)15(21)20-11-5-9(16)4-10(17)6-11/h2-8H,1H3,(H,20,21)/t8-/m1/s1. The monoisotopic (exact) mass is 377 g/mol. The number of carbonyl (C=O) groups excluding carboxylic acids is 1. The van der Waals surface area contributed by atoms with E-state index >= 15 is 0 Å². The van der Waals surface area contributed by atoms with Crippen molar-refractivity contribution in [2.45, 2.75) is 13.0 Å². The van der Waals surface area contributed by atoms with Gasteiger partial charge in [-0.25, -0.2) is 0 Å². The second-order valence-electron chi connectivity index (χ2n) is 4.48. The van der Waals surface area contributed by atoms with Crippen molar-refractivity contribution in [2.75, 3.05) is 5.32 Å². The molecule has 0 saturated heterocycles. The lowest BCUT2D eigenvalue weighted by atomic mass is 10.3. The second kappa shape index (κ2) is 7.42. The average molecular weight is 379 g/mol. The van der Waals surface area contributed by atoms with Crippen LogP contribution in [0.25, 0.3) is 0 Å². The molecule has 2 rings (SSSR count). The van der Waals surface area contributed by atoms with Crippen LogP contribution in [0.5, 0.6) is 5.75 Å². The second-order valence-corrected chi connectivity index (χ2v) is 6.17. The molecule has 1 N–H and O–H groups in total. The largest absolute Gasteiger partial charge is 0.481 e. The first-order chi connectivity index (χ1) is 10.3. The van der Waals surface area contributed by atoms with E-state index in [1.807, 2.05) is 0 Å². The molecule has 0 heterocycles. The Morgan fingerprint density at radius 1 is 1.00 bits per heavy atom. The van der Waals surface area contributed by atoms with Crippen molar-refractivity contribution in [1.29, 1.82) is 0 Å². The van der Waals surface area contributed by atoms with E-state index in [0.717, 1.165) is 0 Å². The van der Waals surface area contributed by atoms with Gasteiger partial charge in [0, 0.05) is 21.8 Å². The third kappa shape index (κ3) is 4.68. The van der Waals surface area contributed by atoms with Crippen molar-refractivity contribution >= 4 is 58.0 Å². The van der Waals surface area contributed by atoms with Gasteiger partial charge in [0.2, 0.25) is 0 Å². The summed E-state index contributed by atoms with van der Waals surface area (Å²) in [5.41, 5.74) is 0.493. The van der Waals surface area contributed by atoms with Gasteiger partial charge < -0.3 is 10.1 Å². The minimum atomic E-state index is -0.741. The van der Waals surface area contributed by atoms with E-state index in [1.165, 1.54) is 0 Å². The highest BCUT2D eigenvalue weighted by atomic mass is 35.5. The number of carbonyl (C=O) groups is 1. The van der Waals surface area contributed by atoms with E-state index in [1.54, 1.807) is 43.3 Å². The zero-order chi connectivity index (χ0) is 16.3. The van der Waals surface area contributed by atoms with E-state index in [4.69, 9.17) is 51.1 Å². The normalized spacial score (nSPS) is 11.9. The number of hydrogen-bond donors (Lipinski definition) is 1. The summed E-state index contributed by atoms with van der Waals surface area (Å²) in [5, 5.41) is 4.31. The molecule has 0 bridgehead atoms. The average Bonchev–Trinajstić information content (AvgIpc) is 2.41. The van der Waals surface area contributed by atoms with E-state index in [-0.39, 0.29) is 5.91 Å². The molecule has 116 valence electrons. The molecule has 0 radical (unpaired) electrons. The fourth-order valence-corrected chi connectivity index (χ4v) is 2.49. The Balaban J connectivity index is 2.04.